The van der Waals surface area contributed by atoms with Crippen LogP contribution in [-0.4, -0.2) is 4.98 Å². The van der Waals surface area contributed by atoms with Crippen molar-refractivity contribution in [1.29, 1.82) is 0 Å². The second-order valence-electron chi connectivity index (χ2n) is 6.76. The smallest absolute Gasteiger partial charge is 0.0705 e. The summed E-state index contributed by atoms with van der Waals surface area (Å²) in [4.78, 5) is 4.99. The third-order valence-corrected chi connectivity index (χ3v) is 4.71. The van der Waals surface area contributed by atoms with Gasteiger partial charge in [0.1, 0.15) is 0 Å². The quantitative estimate of drug-likeness (QED) is 0.412. The van der Waals surface area contributed by atoms with Crippen molar-refractivity contribution in [2.24, 2.45) is 0 Å². The van der Waals surface area contributed by atoms with Crippen LogP contribution in [0.1, 0.15) is 82.9 Å². The van der Waals surface area contributed by atoms with Crippen LogP contribution in [0.2, 0.25) is 0 Å². The van der Waals surface area contributed by atoms with E-state index in [0.29, 0.717) is 0 Å². The molecule has 0 saturated carbocycles. The molecule has 1 heteroatoms. The number of fused-ring (bicyclic) bond motifs is 1. The zero-order chi connectivity index (χ0) is 16.3. The normalized spacial score (nSPS) is 11.2. The van der Waals surface area contributed by atoms with Crippen molar-refractivity contribution in [3.05, 3.63) is 41.6 Å². The molecule has 1 heterocycles. The van der Waals surface area contributed by atoms with Gasteiger partial charge in [0.25, 0.3) is 0 Å². The first-order valence-corrected chi connectivity index (χ1v) is 9.72. The van der Waals surface area contributed by atoms with Gasteiger partial charge in [-0.05, 0) is 43.4 Å². The summed E-state index contributed by atoms with van der Waals surface area (Å²) in [7, 11) is 0. The molecule has 0 fully saturated rings. The van der Waals surface area contributed by atoms with E-state index in [-0.39, 0.29) is 0 Å². The van der Waals surface area contributed by atoms with Crippen molar-refractivity contribution in [1.82, 2.24) is 4.98 Å². The summed E-state index contributed by atoms with van der Waals surface area (Å²) >= 11 is 0. The molecular formula is C22H33N. The molecule has 0 atom stereocenters. The topological polar surface area (TPSA) is 12.9 Å². The highest BCUT2D eigenvalue weighted by molar-refractivity contribution is 5.79. The molecule has 2 rings (SSSR count). The van der Waals surface area contributed by atoms with E-state index >= 15 is 0 Å². The van der Waals surface area contributed by atoms with Gasteiger partial charge in [0.2, 0.25) is 0 Å². The Balaban J connectivity index is 2.04. The van der Waals surface area contributed by atoms with Crippen molar-refractivity contribution in [3.8, 4) is 0 Å². The van der Waals surface area contributed by atoms with Crippen LogP contribution in [0.4, 0.5) is 0 Å². The van der Waals surface area contributed by atoms with E-state index in [2.05, 4.69) is 44.2 Å². The van der Waals surface area contributed by atoms with E-state index in [4.69, 9.17) is 4.98 Å². The predicted molar refractivity (Wildman–Crippen MR) is 102 cm³/mol. The number of hydrogen-bond acceptors (Lipinski definition) is 1. The van der Waals surface area contributed by atoms with Gasteiger partial charge in [-0.1, -0.05) is 77.0 Å². The van der Waals surface area contributed by atoms with Gasteiger partial charge >= 0.3 is 0 Å². The number of aryl methyl sites for hydroxylation is 2. The summed E-state index contributed by atoms with van der Waals surface area (Å²) in [6, 6.07) is 11.0. The molecule has 0 N–H and O–H groups in total. The summed E-state index contributed by atoms with van der Waals surface area (Å²) < 4.78 is 0. The van der Waals surface area contributed by atoms with Crippen LogP contribution in [-0.2, 0) is 12.8 Å². The molecule has 0 aliphatic rings. The Morgan fingerprint density at radius 2 is 1.39 bits per heavy atom. The standard InChI is InChI=1S/C22H33N/c1-3-5-7-9-11-16-21-19(14-10-8-6-4-2)18-20-15-12-13-17-22(20)23-21/h12-13,15,17-18H,3-11,14,16H2,1-2H3. The number of rotatable bonds is 11. The highest BCUT2D eigenvalue weighted by Gasteiger charge is 2.07. The Hall–Kier alpha value is -1.37. The largest absolute Gasteiger partial charge is 0.253 e. The minimum absolute atomic E-state index is 1.15. The summed E-state index contributed by atoms with van der Waals surface area (Å²) in [6.07, 6.45) is 14.3. The van der Waals surface area contributed by atoms with Crippen LogP contribution in [0.3, 0.4) is 0 Å². The predicted octanol–water partition coefficient (Wildman–Crippen LogP) is 6.87. The highest BCUT2D eigenvalue weighted by atomic mass is 14.7. The van der Waals surface area contributed by atoms with E-state index < -0.39 is 0 Å². The fourth-order valence-electron chi connectivity index (χ4n) is 3.27. The molecule has 0 aliphatic carbocycles. The van der Waals surface area contributed by atoms with E-state index in [1.807, 2.05) is 0 Å². The van der Waals surface area contributed by atoms with Crippen molar-refractivity contribution in [2.75, 3.05) is 0 Å². The first kappa shape index (κ1) is 18.0. The van der Waals surface area contributed by atoms with Crippen molar-refractivity contribution in [3.63, 3.8) is 0 Å². The van der Waals surface area contributed by atoms with E-state index in [9.17, 15) is 0 Å². The van der Waals surface area contributed by atoms with Gasteiger partial charge < -0.3 is 0 Å². The Kier molecular flexibility index (Phi) is 8.14. The Morgan fingerprint density at radius 3 is 2.17 bits per heavy atom. The highest BCUT2D eigenvalue weighted by Crippen LogP contribution is 2.21. The lowest BCUT2D eigenvalue weighted by Crippen LogP contribution is -2.00. The SMILES string of the molecule is CCCCCCCc1nc2ccccc2cc1CCCCCC. The van der Waals surface area contributed by atoms with Gasteiger partial charge in [0.15, 0.2) is 0 Å². The fraction of sp³-hybridized carbons (Fsp3) is 0.591. The van der Waals surface area contributed by atoms with Gasteiger partial charge in [-0.15, -0.1) is 0 Å². The molecular weight excluding hydrogens is 278 g/mol. The molecule has 0 aliphatic heterocycles. The molecule has 0 saturated heterocycles. The Labute approximate surface area is 142 Å². The van der Waals surface area contributed by atoms with Crippen LogP contribution in [0.15, 0.2) is 30.3 Å². The second kappa shape index (κ2) is 10.4. The van der Waals surface area contributed by atoms with E-state index in [1.54, 1.807) is 0 Å². The first-order chi connectivity index (χ1) is 11.3. The number of para-hydroxylation sites is 1. The molecule has 0 unspecified atom stereocenters. The first-order valence-electron chi connectivity index (χ1n) is 9.72. The van der Waals surface area contributed by atoms with Gasteiger partial charge in [0.05, 0.1) is 5.52 Å². The number of nitrogens with zero attached hydrogens (tertiary/aromatic N) is 1. The van der Waals surface area contributed by atoms with Crippen LogP contribution in [0.5, 0.6) is 0 Å². The lowest BCUT2D eigenvalue weighted by Gasteiger charge is -2.11. The van der Waals surface area contributed by atoms with Gasteiger partial charge in [-0.2, -0.15) is 0 Å². The Bertz CT molecular complexity index is 573. The summed E-state index contributed by atoms with van der Waals surface area (Å²) in [6.45, 7) is 4.55. The number of aromatic nitrogens is 1. The van der Waals surface area contributed by atoms with Crippen LogP contribution < -0.4 is 0 Å². The number of unbranched alkanes of at least 4 members (excludes halogenated alkanes) is 7. The zero-order valence-corrected chi connectivity index (χ0v) is 15.1. The maximum absolute atomic E-state index is 4.99. The minimum atomic E-state index is 1.15. The van der Waals surface area contributed by atoms with Gasteiger partial charge in [-0.25, -0.2) is 0 Å². The number of benzene rings is 1. The third kappa shape index (κ3) is 5.97. The van der Waals surface area contributed by atoms with Gasteiger partial charge in [0, 0.05) is 11.1 Å². The maximum atomic E-state index is 4.99. The van der Waals surface area contributed by atoms with Crippen molar-refractivity contribution in [2.45, 2.75) is 84.5 Å². The molecule has 126 valence electrons. The monoisotopic (exact) mass is 311 g/mol. The van der Waals surface area contributed by atoms with E-state index in [0.717, 1.165) is 11.9 Å². The molecule has 0 radical (unpaired) electrons. The number of hydrogen-bond donors (Lipinski definition) is 0. The fourth-order valence-corrected chi connectivity index (χ4v) is 3.27. The molecule has 0 spiro atoms. The molecule has 23 heavy (non-hydrogen) atoms. The van der Waals surface area contributed by atoms with Gasteiger partial charge in [-0.3, -0.25) is 4.98 Å². The summed E-state index contributed by atoms with van der Waals surface area (Å²) in [5.41, 5.74) is 4.01. The second-order valence-corrected chi connectivity index (χ2v) is 6.76. The van der Waals surface area contributed by atoms with Crippen LogP contribution in [0, 0.1) is 0 Å². The average molecular weight is 312 g/mol. The van der Waals surface area contributed by atoms with Crippen molar-refractivity contribution < 1.29 is 0 Å². The van der Waals surface area contributed by atoms with Crippen LogP contribution >= 0.6 is 0 Å². The lowest BCUT2D eigenvalue weighted by molar-refractivity contribution is 0.623. The minimum Gasteiger partial charge on any atom is -0.253 e. The third-order valence-electron chi connectivity index (χ3n) is 4.71. The lowest BCUT2D eigenvalue weighted by atomic mass is 9.99. The molecule has 0 amide bonds. The molecule has 1 aromatic carbocycles. The summed E-state index contributed by atoms with van der Waals surface area (Å²) in [5, 5.41) is 1.30. The van der Waals surface area contributed by atoms with Crippen molar-refractivity contribution >= 4 is 10.9 Å². The maximum Gasteiger partial charge on any atom is 0.0705 e. The van der Waals surface area contributed by atoms with Crippen LogP contribution in [0.25, 0.3) is 10.9 Å². The summed E-state index contributed by atoms with van der Waals surface area (Å²) in [5.74, 6) is 0. The molecule has 0 bridgehead atoms. The van der Waals surface area contributed by atoms with E-state index in [1.165, 1.54) is 80.9 Å². The Morgan fingerprint density at radius 1 is 0.739 bits per heavy atom. The average Bonchev–Trinajstić information content (AvgIpc) is 2.58. The number of pyridine rings is 1. The zero-order valence-electron chi connectivity index (χ0n) is 15.1. The molecule has 2 aromatic rings. The molecule has 1 aromatic heterocycles. The molecule has 1 nitrogen and oxygen atoms in total.